The van der Waals surface area contributed by atoms with E-state index in [4.69, 9.17) is 11.6 Å². The zero-order chi connectivity index (χ0) is 23.7. The maximum absolute atomic E-state index is 12.8. The van der Waals surface area contributed by atoms with Crippen molar-refractivity contribution in [1.29, 1.82) is 0 Å². The van der Waals surface area contributed by atoms with Gasteiger partial charge in [-0.15, -0.1) is 5.10 Å². The first-order chi connectivity index (χ1) is 16.5. The van der Waals surface area contributed by atoms with E-state index in [0.29, 0.717) is 18.9 Å². The first-order valence-corrected chi connectivity index (χ1v) is 14.5. The Balaban J connectivity index is 1.16. The number of amides is 1. The lowest BCUT2D eigenvalue weighted by Gasteiger charge is -2.34. The van der Waals surface area contributed by atoms with Crippen LogP contribution in [0, 0.1) is 11.8 Å². The van der Waals surface area contributed by atoms with Crippen LogP contribution < -0.4 is 9.62 Å². The van der Waals surface area contributed by atoms with E-state index >= 15 is 0 Å². The molecule has 2 unspecified atom stereocenters. The van der Waals surface area contributed by atoms with Crippen molar-refractivity contribution in [2.45, 2.75) is 6.54 Å². The number of carbonyl (C=O) groups excluding carboxylic acids is 1. The van der Waals surface area contributed by atoms with Gasteiger partial charge in [-0.2, -0.15) is 4.68 Å². The summed E-state index contributed by atoms with van der Waals surface area (Å²) in [5.74, 6) is 2.17. The number of anilines is 2. The third-order valence-electron chi connectivity index (χ3n) is 7.10. The summed E-state index contributed by atoms with van der Waals surface area (Å²) in [7, 11) is 0. The molecule has 1 amide bonds. The second-order valence-corrected chi connectivity index (χ2v) is 11.1. The van der Waals surface area contributed by atoms with E-state index in [1.165, 1.54) is 41.0 Å². The molecule has 8 nitrogen and oxygen atoms in total. The van der Waals surface area contributed by atoms with Crippen LogP contribution >= 0.6 is 35.5 Å². The van der Waals surface area contributed by atoms with E-state index in [-0.39, 0.29) is 6.03 Å². The zero-order valence-corrected chi connectivity index (χ0v) is 22.1. The van der Waals surface area contributed by atoms with E-state index in [2.05, 4.69) is 42.3 Å². The summed E-state index contributed by atoms with van der Waals surface area (Å²) < 4.78 is 6.96. The highest BCUT2D eigenvalue weighted by atomic mass is 35.5. The average Bonchev–Trinajstić information content (AvgIpc) is 3.56. The van der Waals surface area contributed by atoms with Crippen LogP contribution in [0.3, 0.4) is 0 Å². The molecule has 184 valence electrons. The van der Waals surface area contributed by atoms with Gasteiger partial charge in [-0.1, -0.05) is 41.6 Å². The van der Waals surface area contributed by atoms with Crippen molar-refractivity contribution < 1.29 is 4.79 Å². The maximum atomic E-state index is 12.8. The lowest BCUT2D eigenvalue weighted by atomic mass is 10.0. The Labute approximate surface area is 215 Å². The van der Waals surface area contributed by atoms with Crippen LogP contribution in [0.1, 0.15) is 5.56 Å². The molecule has 11 heteroatoms. The van der Waals surface area contributed by atoms with Crippen LogP contribution in [-0.2, 0) is 6.54 Å². The molecule has 5 rings (SSSR count). The molecule has 34 heavy (non-hydrogen) atoms. The SMILES string of the molecule is CSNc1ccn(C(=O)N2CCN(Cc3ccc(Cl)c(N4CC5CN(SC)CC5C4)c3)CC2)n1. The molecule has 1 N–H and O–H groups in total. The van der Waals surface area contributed by atoms with Crippen molar-refractivity contribution in [3.63, 3.8) is 0 Å². The molecule has 1 aromatic heterocycles. The summed E-state index contributed by atoms with van der Waals surface area (Å²) >= 11 is 9.96. The summed E-state index contributed by atoms with van der Waals surface area (Å²) in [6, 6.07) is 8.21. The van der Waals surface area contributed by atoms with Crippen LogP contribution in [0.25, 0.3) is 0 Å². The van der Waals surface area contributed by atoms with E-state index in [1.54, 1.807) is 6.20 Å². The van der Waals surface area contributed by atoms with Crippen LogP contribution in [0.15, 0.2) is 30.5 Å². The molecular weight excluding hydrogens is 490 g/mol. The number of fused-ring (bicyclic) bond motifs is 1. The molecule has 3 fully saturated rings. The van der Waals surface area contributed by atoms with Gasteiger partial charge in [-0.05, 0) is 35.8 Å². The molecule has 0 saturated carbocycles. The van der Waals surface area contributed by atoms with Gasteiger partial charge in [0.1, 0.15) is 0 Å². The van der Waals surface area contributed by atoms with Gasteiger partial charge in [-0.25, -0.2) is 4.79 Å². The summed E-state index contributed by atoms with van der Waals surface area (Å²) in [6.45, 7) is 8.50. The fourth-order valence-corrected chi connectivity index (χ4v) is 6.52. The molecule has 3 aliphatic heterocycles. The van der Waals surface area contributed by atoms with Crippen molar-refractivity contribution >= 4 is 53.0 Å². The number of hydrogen-bond donors (Lipinski definition) is 1. The van der Waals surface area contributed by atoms with E-state index < -0.39 is 0 Å². The molecule has 0 radical (unpaired) electrons. The molecule has 4 heterocycles. The summed E-state index contributed by atoms with van der Waals surface area (Å²) in [4.78, 5) is 19.6. The van der Waals surface area contributed by atoms with Crippen LogP contribution in [-0.4, -0.2) is 94.8 Å². The minimum absolute atomic E-state index is 0.0674. The Morgan fingerprint density at radius 3 is 2.50 bits per heavy atom. The highest BCUT2D eigenvalue weighted by molar-refractivity contribution is 7.99. The van der Waals surface area contributed by atoms with Crippen molar-refractivity contribution in [1.82, 2.24) is 23.9 Å². The predicted octanol–water partition coefficient (Wildman–Crippen LogP) is 3.66. The van der Waals surface area contributed by atoms with Gasteiger partial charge in [0.15, 0.2) is 5.82 Å². The molecule has 0 spiro atoms. The monoisotopic (exact) mass is 521 g/mol. The Hall–Kier alpha value is -1.59. The minimum atomic E-state index is -0.0674. The van der Waals surface area contributed by atoms with Gasteiger partial charge in [0, 0.05) is 77.4 Å². The number of nitrogens with one attached hydrogen (secondary N) is 1. The Morgan fingerprint density at radius 2 is 1.82 bits per heavy atom. The van der Waals surface area contributed by atoms with Crippen molar-refractivity contribution in [2.75, 3.05) is 74.5 Å². The summed E-state index contributed by atoms with van der Waals surface area (Å²) in [6.07, 6.45) is 5.82. The Kier molecular flexibility index (Phi) is 7.50. The Bertz CT molecular complexity index is 999. The molecular formula is C23H32ClN7OS2. The van der Waals surface area contributed by atoms with Gasteiger partial charge < -0.3 is 14.5 Å². The number of hydrogen-bond acceptors (Lipinski definition) is 8. The zero-order valence-electron chi connectivity index (χ0n) is 19.7. The standard InChI is InChI=1S/C23H32ClN7OS2/c1-33-26-22-5-6-31(25-22)23(32)28-9-7-27(8-10-28)12-17-3-4-20(24)21(11-17)29-13-18-15-30(34-2)16-19(18)14-29/h3-6,11,18-19H,7-10,12-16H2,1-2H3,(H,25,26). The van der Waals surface area contributed by atoms with Gasteiger partial charge in [0.2, 0.25) is 0 Å². The van der Waals surface area contributed by atoms with Crippen LogP contribution in [0.5, 0.6) is 0 Å². The van der Waals surface area contributed by atoms with Crippen LogP contribution in [0.4, 0.5) is 16.3 Å². The highest BCUT2D eigenvalue weighted by Crippen LogP contribution is 2.38. The second kappa shape index (κ2) is 10.6. The number of piperazine rings is 1. The Morgan fingerprint density at radius 1 is 1.09 bits per heavy atom. The van der Waals surface area contributed by atoms with Crippen molar-refractivity contribution in [2.24, 2.45) is 11.8 Å². The summed E-state index contributed by atoms with van der Waals surface area (Å²) in [5, 5.41) is 5.15. The number of carbonyl (C=O) groups is 1. The quantitative estimate of drug-likeness (QED) is 0.578. The first kappa shape index (κ1) is 24.1. The smallest absolute Gasteiger partial charge is 0.344 e. The van der Waals surface area contributed by atoms with Crippen molar-refractivity contribution in [3.8, 4) is 0 Å². The second-order valence-electron chi connectivity index (χ2n) is 9.24. The van der Waals surface area contributed by atoms with Crippen LogP contribution in [0.2, 0.25) is 5.02 Å². The molecule has 0 aliphatic carbocycles. The van der Waals surface area contributed by atoms with Gasteiger partial charge >= 0.3 is 6.03 Å². The fraction of sp³-hybridized carbons (Fsp3) is 0.565. The number of nitrogens with zero attached hydrogens (tertiary/aromatic N) is 6. The molecule has 3 aliphatic rings. The van der Waals surface area contributed by atoms with Gasteiger partial charge in [0.05, 0.1) is 10.7 Å². The molecule has 1 aromatic carbocycles. The van der Waals surface area contributed by atoms with E-state index in [0.717, 1.165) is 49.6 Å². The number of halogens is 1. The lowest BCUT2D eigenvalue weighted by Crippen LogP contribution is -2.49. The average molecular weight is 522 g/mol. The van der Waals surface area contributed by atoms with E-state index in [9.17, 15) is 4.79 Å². The van der Waals surface area contributed by atoms with E-state index in [1.807, 2.05) is 35.2 Å². The minimum Gasteiger partial charge on any atom is -0.370 e. The maximum Gasteiger partial charge on any atom is 0.344 e. The molecule has 0 bridgehead atoms. The molecule has 2 atom stereocenters. The third kappa shape index (κ3) is 5.16. The lowest BCUT2D eigenvalue weighted by molar-refractivity contribution is 0.134. The number of aromatic nitrogens is 2. The third-order valence-corrected chi connectivity index (χ3v) is 8.65. The first-order valence-electron chi connectivity index (χ1n) is 11.7. The molecule has 2 aromatic rings. The largest absolute Gasteiger partial charge is 0.370 e. The van der Waals surface area contributed by atoms with Gasteiger partial charge in [-0.3, -0.25) is 9.21 Å². The van der Waals surface area contributed by atoms with Gasteiger partial charge in [0.25, 0.3) is 0 Å². The predicted molar refractivity (Wildman–Crippen MR) is 143 cm³/mol. The number of rotatable bonds is 6. The highest BCUT2D eigenvalue weighted by Gasteiger charge is 2.40. The summed E-state index contributed by atoms with van der Waals surface area (Å²) in [5.41, 5.74) is 2.45. The fourth-order valence-electron chi connectivity index (χ4n) is 5.28. The van der Waals surface area contributed by atoms with Crippen molar-refractivity contribution in [3.05, 3.63) is 41.0 Å². The topological polar surface area (TPSA) is 59.9 Å². The number of benzene rings is 1. The molecule has 3 saturated heterocycles. The normalized spacial score (nSPS) is 23.5.